The van der Waals surface area contributed by atoms with Crippen molar-refractivity contribution in [3.63, 3.8) is 0 Å². The van der Waals surface area contributed by atoms with Gasteiger partial charge in [-0.05, 0) is 0 Å². The van der Waals surface area contributed by atoms with Gasteiger partial charge >= 0.3 is 5.97 Å². The zero-order valence-corrected chi connectivity index (χ0v) is 6.90. The molecule has 1 rings (SSSR count). The molecule has 0 aromatic carbocycles. The van der Waals surface area contributed by atoms with Crippen molar-refractivity contribution < 1.29 is 9.90 Å². The number of aliphatic carboxylic acids is 1. The van der Waals surface area contributed by atoms with Gasteiger partial charge in [-0.1, -0.05) is 11.6 Å². The molecule has 6 heteroatoms. The SMILES string of the molecule is N[C@@H](CC1(Cl)C=NC=N1)C(=O)O. The summed E-state index contributed by atoms with van der Waals surface area (Å²) in [6.07, 6.45) is 2.70. The van der Waals surface area contributed by atoms with E-state index in [1.807, 2.05) is 0 Å². The van der Waals surface area contributed by atoms with Crippen LogP contribution in [0.1, 0.15) is 6.42 Å². The lowest BCUT2D eigenvalue weighted by Crippen LogP contribution is -2.37. The topological polar surface area (TPSA) is 88.0 Å². The second-order valence-corrected chi connectivity index (χ2v) is 3.14. The van der Waals surface area contributed by atoms with E-state index in [2.05, 4.69) is 9.98 Å². The van der Waals surface area contributed by atoms with Crippen molar-refractivity contribution in [2.75, 3.05) is 0 Å². The number of aliphatic imine (C=N–C) groups is 2. The minimum atomic E-state index is -1.09. The maximum Gasteiger partial charge on any atom is 0.320 e. The molecule has 2 atom stereocenters. The van der Waals surface area contributed by atoms with Crippen molar-refractivity contribution in [1.29, 1.82) is 0 Å². The Kier molecular flexibility index (Phi) is 2.44. The monoisotopic (exact) mass is 189 g/mol. The Labute approximate surface area is 73.9 Å². The Morgan fingerprint density at radius 2 is 2.50 bits per heavy atom. The lowest BCUT2D eigenvalue weighted by Gasteiger charge is -2.16. The van der Waals surface area contributed by atoms with Crippen LogP contribution in [0.2, 0.25) is 0 Å². The van der Waals surface area contributed by atoms with E-state index in [1.54, 1.807) is 0 Å². The van der Waals surface area contributed by atoms with E-state index in [0.29, 0.717) is 0 Å². The van der Waals surface area contributed by atoms with Crippen LogP contribution < -0.4 is 5.73 Å². The van der Waals surface area contributed by atoms with Crippen LogP contribution in [0.4, 0.5) is 0 Å². The molecule has 0 spiro atoms. The molecule has 0 aliphatic carbocycles. The number of nitrogens with two attached hydrogens (primary N) is 1. The largest absolute Gasteiger partial charge is 0.480 e. The van der Waals surface area contributed by atoms with Gasteiger partial charge < -0.3 is 10.8 Å². The fraction of sp³-hybridized carbons (Fsp3) is 0.500. The molecule has 1 heterocycles. The van der Waals surface area contributed by atoms with E-state index in [9.17, 15) is 4.79 Å². The molecule has 1 unspecified atom stereocenters. The number of carboxylic acid groups (broad SMARTS) is 1. The Bertz CT molecular complexity index is 239. The summed E-state index contributed by atoms with van der Waals surface area (Å²) in [5.41, 5.74) is 5.26. The normalized spacial score (nSPS) is 29.2. The third-order valence-corrected chi connectivity index (χ3v) is 1.78. The predicted octanol–water partition coefficient (Wildman–Crippen LogP) is -0.164. The van der Waals surface area contributed by atoms with Gasteiger partial charge in [-0.15, -0.1) is 0 Å². The van der Waals surface area contributed by atoms with Crippen molar-refractivity contribution in [1.82, 2.24) is 0 Å². The molecule has 0 aromatic rings. The third-order valence-electron chi connectivity index (χ3n) is 1.43. The minimum absolute atomic E-state index is 0.0455. The minimum Gasteiger partial charge on any atom is -0.480 e. The van der Waals surface area contributed by atoms with Gasteiger partial charge in [0.15, 0.2) is 5.00 Å². The Morgan fingerprint density at radius 1 is 1.83 bits per heavy atom. The predicted molar refractivity (Wildman–Crippen MR) is 45.8 cm³/mol. The molecule has 0 radical (unpaired) electrons. The lowest BCUT2D eigenvalue weighted by molar-refractivity contribution is -0.138. The van der Waals surface area contributed by atoms with E-state index >= 15 is 0 Å². The molecule has 0 saturated carbocycles. The highest BCUT2D eigenvalue weighted by atomic mass is 35.5. The number of carbonyl (C=O) groups is 1. The summed E-state index contributed by atoms with van der Waals surface area (Å²) >= 11 is 5.82. The van der Waals surface area contributed by atoms with Gasteiger partial charge in [0.1, 0.15) is 12.4 Å². The van der Waals surface area contributed by atoms with Crippen molar-refractivity contribution in [3.05, 3.63) is 0 Å². The van der Waals surface area contributed by atoms with Crippen LogP contribution in [0, 0.1) is 0 Å². The molecule has 1 aliphatic rings. The molecular formula is C6H8ClN3O2. The molecule has 0 fully saturated rings. The third kappa shape index (κ3) is 2.02. The first-order valence-corrected chi connectivity index (χ1v) is 3.67. The van der Waals surface area contributed by atoms with Gasteiger partial charge in [0.05, 0.1) is 0 Å². The maximum absolute atomic E-state index is 10.3. The Balaban J connectivity index is 2.56. The van der Waals surface area contributed by atoms with Gasteiger partial charge in [-0.3, -0.25) is 4.79 Å². The molecule has 0 amide bonds. The molecule has 0 bridgehead atoms. The highest BCUT2D eigenvalue weighted by Crippen LogP contribution is 2.23. The van der Waals surface area contributed by atoms with Crippen molar-refractivity contribution in [2.45, 2.75) is 17.5 Å². The first kappa shape index (κ1) is 9.15. The van der Waals surface area contributed by atoms with Crippen LogP contribution in [0.25, 0.3) is 0 Å². The smallest absolute Gasteiger partial charge is 0.320 e. The van der Waals surface area contributed by atoms with Gasteiger partial charge in [0, 0.05) is 12.6 Å². The number of carboxylic acids is 1. The maximum atomic E-state index is 10.3. The zero-order valence-electron chi connectivity index (χ0n) is 6.14. The molecule has 1 aliphatic heterocycles. The number of nitrogens with zero attached hydrogens (tertiary/aromatic N) is 2. The van der Waals surface area contributed by atoms with E-state index in [-0.39, 0.29) is 6.42 Å². The average molecular weight is 190 g/mol. The molecule has 66 valence electrons. The second kappa shape index (κ2) is 3.20. The van der Waals surface area contributed by atoms with Crippen LogP contribution in [0.3, 0.4) is 0 Å². The standard InChI is InChI=1S/C6H8ClN3O2/c7-6(2-9-3-10-6)1-4(8)5(11)12/h2-4H,1,8H2,(H,11,12)/t4-,6?/m0/s1. The average Bonchev–Trinajstić information content (AvgIpc) is 2.35. The molecule has 5 nitrogen and oxygen atoms in total. The van der Waals surface area contributed by atoms with Crippen LogP contribution in [0.5, 0.6) is 0 Å². The van der Waals surface area contributed by atoms with Crippen LogP contribution in [-0.2, 0) is 4.79 Å². The fourth-order valence-electron chi connectivity index (χ4n) is 0.811. The van der Waals surface area contributed by atoms with Gasteiger partial charge in [0.2, 0.25) is 0 Å². The summed E-state index contributed by atoms with van der Waals surface area (Å²) in [5, 5.41) is 8.48. The first-order chi connectivity index (χ1) is 5.53. The van der Waals surface area contributed by atoms with Crippen molar-refractivity contribution in [3.8, 4) is 0 Å². The van der Waals surface area contributed by atoms with Crippen LogP contribution in [-0.4, -0.2) is 34.7 Å². The number of rotatable bonds is 3. The van der Waals surface area contributed by atoms with E-state index < -0.39 is 17.0 Å². The van der Waals surface area contributed by atoms with Gasteiger partial charge in [-0.2, -0.15) is 0 Å². The van der Waals surface area contributed by atoms with Crippen LogP contribution in [0.15, 0.2) is 9.98 Å². The van der Waals surface area contributed by atoms with Crippen LogP contribution >= 0.6 is 11.6 Å². The molecular weight excluding hydrogens is 182 g/mol. The number of halogens is 1. The van der Waals surface area contributed by atoms with E-state index in [0.717, 1.165) is 0 Å². The summed E-state index contributed by atoms with van der Waals surface area (Å²) < 4.78 is 0. The quantitative estimate of drug-likeness (QED) is 0.478. The Morgan fingerprint density at radius 3 is 2.92 bits per heavy atom. The summed E-state index contributed by atoms with van der Waals surface area (Å²) in [6, 6.07) is -1.01. The fourth-order valence-corrected chi connectivity index (χ4v) is 1.08. The number of hydrogen-bond donors (Lipinski definition) is 2. The first-order valence-electron chi connectivity index (χ1n) is 3.29. The summed E-state index contributed by atoms with van der Waals surface area (Å²) in [6.45, 7) is 0. The summed E-state index contributed by atoms with van der Waals surface area (Å²) in [5.74, 6) is -1.09. The number of alkyl halides is 1. The summed E-state index contributed by atoms with van der Waals surface area (Å²) in [4.78, 5) is 16.7. The molecule has 0 saturated heterocycles. The molecule has 0 aromatic heterocycles. The van der Waals surface area contributed by atoms with Crippen molar-refractivity contribution in [2.24, 2.45) is 15.7 Å². The van der Waals surface area contributed by atoms with Crippen molar-refractivity contribution >= 4 is 30.1 Å². The zero-order chi connectivity index (χ0) is 9.19. The summed E-state index contributed by atoms with van der Waals surface area (Å²) in [7, 11) is 0. The molecule has 3 N–H and O–H groups in total. The van der Waals surface area contributed by atoms with Gasteiger partial charge in [0.25, 0.3) is 0 Å². The highest BCUT2D eigenvalue weighted by Gasteiger charge is 2.31. The van der Waals surface area contributed by atoms with E-state index in [1.165, 1.54) is 12.6 Å². The second-order valence-electron chi connectivity index (χ2n) is 2.49. The lowest BCUT2D eigenvalue weighted by atomic mass is 10.1. The van der Waals surface area contributed by atoms with E-state index in [4.69, 9.17) is 22.4 Å². The highest BCUT2D eigenvalue weighted by molar-refractivity contribution is 6.33. The number of hydrogen-bond acceptors (Lipinski definition) is 4. The van der Waals surface area contributed by atoms with Gasteiger partial charge in [-0.25, -0.2) is 9.98 Å². The Hall–Kier alpha value is -0.940. The molecule has 12 heavy (non-hydrogen) atoms.